The summed E-state index contributed by atoms with van der Waals surface area (Å²) in [5.74, 6) is 2.52. The summed E-state index contributed by atoms with van der Waals surface area (Å²) in [7, 11) is -1.14. The lowest BCUT2D eigenvalue weighted by Crippen LogP contribution is -2.49. The minimum absolute atomic E-state index is 0.00869. The third-order valence-corrected chi connectivity index (χ3v) is 8.33. The molecule has 0 bridgehead atoms. The van der Waals surface area contributed by atoms with Gasteiger partial charge in [0.15, 0.2) is 5.88 Å². The molecule has 33 heavy (non-hydrogen) atoms. The summed E-state index contributed by atoms with van der Waals surface area (Å²) < 4.78 is 37.8. The lowest BCUT2D eigenvalue weighted by atomic mass is 10.1. The normalized spacial score (nSPS) is 19.1. The number of hydrogen-bond acceptors (Lipinski definition) is 8. The highest BCUT2D eigenvalue weighted by Gasteiger charge is 2.40. The molecule has 1 aliphatic heterocycles. The Morgan fingerprint density at radius 2 is 1.94 bits per heavy atom. The van der Waals surface area contributed by atoms with Crippen LogP contribution in [0.4, 0.5) is 5.82 Å². The van der Waals surface area contributed by atoms with E-state index in [-0.39, 0.29) is 11.4 Å². The van der Waals surface area contributed by atoms with Gasteiger partial charge in [0.25, 0.3) is 0 Å². The van der Waals surface area contributed by atoms with E-state index in [0.717, 1.165) is 37.5 Å². The highest BCUT2D eigenvalue weighted by atomic mass is 32.2. The second-order valence-electron chi connectivity index (χ2n) is 9.49. The van der Waals surface area contributed by atoms with Gasteiger partial charge in [-0.1, -0.05) is 13.8 Å². The van der Waals surface area contributed by atoms with Crippen molar-refractivity contribution in [3.63, 3.8) is 0 Å². The number of nitrogens with zero attached hydrogens (tertiary/aromatic N) is 5. The highest BCUT2D eigenvalue weighted by molar-refractivity contribution is 7.89. The van der Waals surface area contributed by atoms with Gasteiger partial charge in [-0.05, 0) is 45.1 Å². The van der Waals surface area contributed by atoms with Crippen LogP contribution in [0.15, 0.2) is 24.9 Å². The van der Waals surface area contributed by atoms with Crippen LogP contribution < -0.4 is 9.64 Å². The van der Waals surface area contributed by atoms with Crippen molar-refractivity contribution in [1.29, 1.82) is 0 Å². The van der Waals surface area contributed by atoms with Crippen molar-refractivity contribution in [2.45, 2.75) is 52.1 Å². The molecule has 1 aliphatic carbocycles. The first-order valence-electron chi connectivity index (χ1n) is 11.9. The average molecular weight is 482 g/mol. The van der Waals surface area contributed by atoms with Gasteiger partial charge < -0.3 is 19.3 Å². The Morgan fingerprint density at radius 1 is 1.24 bits per heavy atom. The quantitative estimate of drug-likeness (QED) is 0.398. The predicted octanol–water partition coefficient (Wildman–Crippen LogP) is 2.72. The summed E-state index contributed by atoms with van der Waals surface area (Å²) >= 11 is 0. The molecule has 1 saturated carbocycles. The van der Waals surface area contributed by atoms with E-state index in [1.54, 1.807) is 16.7 Å². The Hall–Kier alpha value is -2.07. The molecule has 1 aromatic rings. The van der Waals surface area contributed by atoms with Crippen LogP contribution in [0, 0.1) is 5.92 Å². The lowest BCUT2D eigenvalue weighted by Gasteiger charge is -2.34. The van der Waals surface area contributed by atoms with Crippen molar-refractivity contribution in [2.24, 2.45) is 5.92 Å². The van der Waals surface area contributed by atoms with Crippen molar-refractivity contribution in [3.8, 4) is 5.88 Å². The smallest absolute Gasteiger partial charge is 0.232 e. The standard InChI is InChI=1S/C23H39N5O4S/c1-6-15-33(29,30)28-13-11-27(12-14-28)21-16-25-22(17-24-21)31-18-19(2)7-10-26(5)20(3)32-23(4)8-9-23/h16-17,19H,3,6-15,18H2,1-2,4-5H3. The molecule has 1 atom stereocenters. The molecule has 3 rings (SSSR count). The van der Waals surface area contributed by atoms with Crippen LogP contribution in [0.2, 0.25) is 0 Å². The van der Waals surface area contributed by atoms with Gasteiger partial charge in [0, 0.05) is 39.8 Å². The van der Waals surface area contributed by atoms with E-state index in [2.05, 4.69) is 40.2 Å². The maximum absolute atomic E-state index is 12.2. The topological polar surface area (TPSA) is 88.1 Å². The maximum atomic E-state index is 12.2. The van der Waals surface area contributed by atoms with Gasteiger partial charge in [-0.3, -0.25) is 0 Å². The maximum Gasteiger partial charge on any atom is 0.232 e. The van der Waals surface area contributed by atoms with E-state index in [1.165, 1.54) is 0 Å². The molecule has 1 saturated heterocycles. The van der Waals surface area contributed by atoms with Crippen LogP contribution in [0.25, 0.3) is 0 Å². The summed E-state index contributed by atoms with van der Waals surface area (Å²) in [5, 5.41) is 0. The zero-order valence-electron chi connectivity index (χ0n) is 20.5. The molecule has 0 amide bonds. The lowest BCUT2D eigenvalue weighted by molar-refractivity contribution is 0.0523. The summed E-state index contributed by atoms with van der Waals surface area (Å²) in [4.78, 5) is 13.0. The summed E-state index contributed by atoms with van der Waals surface area (Å²) in [6, 6.07) is 0. The number of hydrogen-bond donors (Lipinski definition) is 0. The molecule has 0 radical (unpaired) electrons. The highest BCUT2D eigenvalue weighted by Crippen LogP contribution is 2.40. The first kappa shape index (κ1) is 25.6. The van der Waals surface area contributed by atoms with Crippen LogP contribution in [0.3, 0.4) is 0 Å². The van der Waals surface area contributed by atoms with Crippen LogP contribution in [0.5, 0.6) is 5.88 Å². The van der Waals surface area contributed by atoms with Gasteiger partial charge in [0.05, 0.1) is 24.8 Å². The Kier molecular flexibility index (Phi) is 8.44. The van der Waals surface area contributed by atoms with Crippen molar-refractivity contribution < 1.29 is 17.9 Å². The Bertz CT molecular complexity index is 881. The van der Waals surface area contributed by atoms with Crippen LogP contribution in [0.1, 0.15) is 46.5 Å². The van der Waals surface area contributed by atoms with Crippen LogP contribution in [-0.2, 0) is 14.8 Å². The molecule has 2 fully saturated rings. The van der Waals surface area contributed by atoms with Crippen LogP contribution >= 0.6 is 0 Å². The molecule has 0 spiro atoms. The van der Waals surface area contributed by atoms with Crippen molar-refractivity contribution in [3.05, 3.63) is 24.9 Å². The third-order valence-electron chi connectivity index (χ3n) is 6.25. The SMILES string of the molecule is C=C(OC1(C)CC1)N(C)CCC(C)COc1cnc(N2CCN(S(=O)(=O)CCC)CC2)cn1. The average Bonchev–Trinajstić information content (AvgIpc) is 3.52. The molecule has 1 unspecified atom stereocenters. The van der Waals surface area contributed by atoms with Crippen molar-refractivity contribution >= 4 is 15.8 Å². The summed E-state index contributed by atoms with van der Waals surface area (Å²) in [5.41, 5.74) is -0.00869. The number of aromatic nitrogens is 2. The summed E-state index contributed by atoms with van der Waals surface area (Å²) in [6.07, 6.45) is 7.12. The fraction of sp³-hybridized carbons (Fsp3) is 0.739. The number of ether oxygens (including phenoxy) is 2. The number of rotatable bonds is 13. The van der Waals surface area contributed by atoms with Crippen molar-refractivity contribution in [2.75, 3.05) is 57.0 Å². The molecule has 9 nitrogen and oxygen atoms in total. The molecule has 0 N–H and O–H groups in total. The second-order valence-corrected chi connectivity index (χ2v) is 11.6. The Labute approximate surface area is 198 Å². The second kappa shape index (κ2) is 10.9. The molecule has 1 aromatic heterocycles. The van der Waals surface area contributed by atoms with Gasteiger partial charge >= 0.3 is 0 Å². The molecular formula is C23H39N5O4S. The van der Waals surface area contributed by atoms with Gasteiger partial charge in [-0.15, -0.1) is 0 Å². The molecule has 186 valence electrons. The summed E-state index contributed by atoms with van der Waals surface area (Å²) in [6.45, 7) is 13.8. The fourth-order valence-corrected chi connectivity index (χ4v) is 5.11. The number of anilines is 1. The first-order chi connectivity index (χ1) is 15.6. The van der Waals surface area contributed by atoms with Gasteiger partial charge in [0.2, 0.25) is 15.9 Å². The van der Waals surface area contributed by atoms with Gasteiger partial charge in [-0.25, -0.2) is 18.4 Å². The fourth-order valence-electron chi connectivity index (χ4n) is 3.62. The van der Waals surface area contributed by atoms with E-state index in [4.69, 9.17) is 9.47 Å². The zero-order chi connectivity index (χ0) is 24.1. The van der Waals surface area contributed by atoms with Crippen molar-refractivity contribution in [1.82, 2.24) is 19.2 Å². The molecule has 2 aliphatic rings. The van der Waals surface area contributed by atoms with E-state index >= 15 is 0 Å². The zero-order valence-corrected chi connectivity index (χ0v) is 21.3. The molecule has 0 aromatic carbocycles. The van der Waals surface area contributed by atoms with Gasteiger partial charge in [0.1, 0.15) is 11.4 Å². The minimum atomic E-state index is -3.15. The predicted molar refractivity (Wildman–Crippen MR) is 130 cm³/mol. The van der Waals surface area contributed by atoms with E-state index < -0.39 is 10.0 Å². The minimum Gasteiger partial charge on any atom is -0.476 e. The van der Waals surface area contributed by atoms with Crippen LogP contribution in [-0.4, -0.2) is 85.3 Å². The van der Waals surface area contributed by atoms with Gasteiger partial charge in [-0.2, -0.15) is 4.31 Å². The molecular weight excluding hydrogens is 442 g/mol. The van der Waals surface area contributed by atoms with E-state index in [9.17, 15) is 8.42 Å². The molecule has 2 heterocycles. The van der Waals surface area contributed by atoms with E-state index in [0.29, 0.717) is 51.0 Å². The van der Waals surface area contributed by atoms with E-state index in [1.807, 2.05) is 14.0 Å². The Balaban J connectivity index is 1.37. The third kappa shape index (κ3) is 7.46. The number of sulfonamides is 1. The monoisotopic (exact) mass is 481 g/mol. The largest absolute Gasteiger partial charge is 0.476 e. The number of piperazine rings is 1. The Morgan fingerprint density at radius 3 is 2.52 bits per heavy atom. The molecule has 10 heteroatoms. The first-order valence-corrected chi connectivity index (χ1v) is 13.5.